The summed E-state index contributed by atoms with van der Waals surface area (Å²) >= 11 is 0. The SMILES string of the molecule is CO[C@H]1O[C@]2(C)CC[C@H]3CCC[C@@H](CCOP(=O)(Oc4ccccc4)Oc4ccccc4)C31OO2. The van der Waals surface area contributed by atoms with Crippen LogP contribution in [-0.4, -0.2) is 31.4 Å². The number of phosphoric acid groups is 1. The van der Waals surface area contributed by atoms with Crippen LogP contribution in [0, 0.1) is 11.8 Å². The Labute approximate surface area is 206 Å². The van der Waals surface area contributed by atoms with E-state index in [-0.39, 0.29) is 18.4 Å². The Balaban J connectivity index is 1.32. The van der Waals surface area contributed by atoms with Crippen LogP contribution >= 0.6 is 7.82 Å². The van der Waals surface area contributed by atoms with Crippen LogP contribution in [0.1, 0.15) is 45.4 Å². The lowest BCUT2D eigenvalue weighted by molar-refractivity contribution is -0.554. The second-order valence-electron chi connectivity index (χ2n) is 9.58. The lowest BCUT2D eigenvalue weighted by Gasteiger charge is -2.53. The molecule has 4 fully saturated rings. The largest absolute Gasteiger partial charge is 0.587 e. The molecular formula is C26H33O8P. The van der Waals surface area contributed by atoms with E-state index >= 15 is 0 Å². The van der Waals surface area contributed by atoms with Crippen LogP contribution in [0.2, 0.25) is 0 Å². The van der Waals surface area contributed by atoms with E-state index in [1.54, 1.807) is 55.6 Å². The highest BCUT2D eigenvalue weighted by molar-refractivity contribution is 7.49. The number of para-hydroxylation sites is 2. The molecule has 3 aliphatic heterocycles. The molecule has 0 aromatic heterocycles. The van der Waals surface area contributed by atoms with Crippen LogP contribution in [0.3, 0.4) is 0 Å². The number of hydrogen-bond acceptors (Lipinski definition) is 8. The molecule has 2 aromatic rings. The van der Waals surface area contributed by atoms with Crippen molar-refractivity contribution in [2.75, 3.05) is 13.7 Å². The van der Waals surface area contributed by atoms with Crippen molar-refractivity contribution < 1.29 is 37.4 Å². The van der Waals surface area contributed by atoms with E-state index in [0.717, 1.165) is 32.1 Å². The van der Waals surface area contributed by atoms with Crippen molar-refractivity contribution in [2.24, 2.45) is 11.8 Å². The maximum Gasteiger partial charge on any atom is 0.587 e. The summed E-state index contributed by atoms with van der Waals surface area (Å²) in [5.41, 5.74) is -0.739. The van der Waals surface area contributed by atoms with Gasteiger partial charge in [0.1, 0.15) is 11.5 Å². The van der Waals surface area contributed by atoms with E-state index in [0.29, 0.717) is 17.9 Å². The van der Waals surface area contributed by atoms with Gasteiger partial charge in [0.15, 0.2) is 11.9 Å². The second-order valence-corrected chi connectivity index (χ2v) is 11.1. The molecule has 0 amide bonds. The van der Waals surface area contributed by atoms with E-state index in [1.165, 1.54) is 0 Å². The summed E-state index contributed by atoms with van der Waals surface area (Å²) in [6.07, 6.45) is 4.66. The fourth-order valence-corrected chi connectivity index (χ4v) is 6.79. The highest BCUT2D eigenvalue weighted by atomic mass is 31.2. The minimum atomic E-state index is -3.96. The molecule has 9 heteroatoms. The van der Waals surface area contributed by atoms with E-state index in [1.807, 2.05) is 19.1 Å². The van der Waals surface area contributed by atoms with Gasteiger partial charge in [0.05, 0.1) is 6.61 Å². The molecule has 6 rings (SSSR count). The van der Waals surface area contributed by atoms with Crippen LogP contribution in [0.25, 0.3) is 0 Å². The maximum atomic E-state index is 13.7. The van der Waals surface area contributed by atoms with Gasteiger partial charge in [0.2, 0.25) is 5.79 Å². The summed E-state index contributed by atoms with van der Waals surface area (Å²) in [7, 11) is -2.32. The molecule has 5 atom stereocenters. The van der Waals surface area contributed by atoms with E-state index in [9.17, 15) is 4.57 Å². The first kappa shape index (κ1) is 24.8. The van der Waals surface area contributed by atoms with Crippen LogP contribution in [0.5, 0.6) is 11.5 Å². The van der Waals surface area contributed by atoms with Gasteiger partial charge in [0.25, 0.3) is 0 Å². The Kier molecular flexibility index (Phi) is 7.22. The Hall–Kier alpha value is -1.93. The van der Waals surface area contributed by atoms with Crippen molar-refractivity contribution in [1.29, 1.82) is 0 Å². The summed E-state index contributed by atoms with van der Waals surface area (Å²) in [6, 6.07) is 17.8. The second kappa shape index (κ2) is 10.2. The topological polar surface area (TPSA) is 81.7 Å². The van der Waals surface area contributed by atoms with Crippen LogP contribution in [-0.2, 0) is 28.3 Å². The fraction of sp³-hybridized carbons (Fsp3) is 0.538. The molecule has 3 heterocycles. The van der Waals surface area contributed by atoms with Crippen molar-refractivity contribution in [3.8, 4) is 11.5 Å². The van der Waals surface area contributed by atoms with Crippen molar-refractivity contribution >= 4 is 7.82 Å². The molecule has 35 heavy (non-hydrogen) atoms. The molecule has 2 aromatic carbocycles. The Morgan fingerprint density at radius 1 is 0.943 bits per heavy atom. The molecule has 4 aliphatic rings. The Bertz CT molecular complexity index is 975. The summed E-state index contributed by atoms with van der Waals surface area (Å²) in [6.45, 7) is 2.03. The lowest BCUT2D eigenvalue weighted by Crippen LogP contribution is -2.63. The lowest BCUT2D eigenvalue weighted by atomic mass is 9.65. The number of fused-ring (bicyclic) bond motifs is 3. The van der Waals surface area contributed by atoms with Gasteiger partial charge in [-0.05, 0) is 68.7 Å². The molecule has 0 radical (unpaired) electrons. The van der Waals surface area contributed by atoms with Crippen molar-refractivity contribution in [2.45, 2.75) is 63.1 Å². The maximum absolute atomic E-state index is 13.7. The molecule has 1 aliphatic carbocycles. The molecule has 1 unspecified atom stereocenters. The van der Waals surface area contributed by atoms with Crippen LogP contribution < -0.4 is 9.05 Å². The molecule has 1 spiro atoms. The first-order valence-electron chi connectivity index (χ1n) is 12.3. The summed E-state index contributed by atoms with van der Waals surface area (Å²) in [5.74, 6) is 0.262. The first-order valence-corrected chi connectivity index (χ1v) is 13.7. The smallest absolute Gasteiger partial charge is 0.395 e. The van der Waals surface area contributed by atoms with Gasteiger partial charge < -0.3 is 18.5 Å². The fourth-order valence-electron chi connectivity index (χ4n) is 5.56. The number of benzene rings is 2. The summed E-state index contributed by atoms with van der Waals surface area (Å²) < 4.78 is 43.1. The highest BCUT2D eigenvalue weighted by Gasteiger charge is 2.63. The third-order valence-electron chi connectivity index (χ3n) is 7.27. The summed E-state index contributed by atoms with van der Waals surface area (Å²) in [5, 5.41) is 0. The minimum Gasteiger partial charge on any atom is -0.395 e. The van der Waals surface area contributed by atoms with Gasteiger partial charge in [-0.25, -0.2) is 14.3 Å². The van der Waals surface area contributed by atoms with Crippen molar-refractivity contribution in [1.82, 2.24) is 0 Å². The zero-order valence-corrected chi connectivity index (χ0v) is 21.1. The molecule has 190 valence electrons. The zero-order chi connectivity index (χ0) is 24.4. The zero-order valence-electron chi connectivity index (χ0n) is 20.2. The predicted octanol–water partition coefficient (Wildman–Crippen LogP) is 6.28. The molecule has 8 nitrogen and oxygen atoms in total. The van der Waals surface area contributed by atoms with Crippen molar-refractivity contribution in [3.05, 3.63) is 60.7 Å². The van der Waals surface area contributed by atoms with E-state index in [4.69, 9.17) is 32.8 Å². The van der Waals surface area contributed by atoms with Gasteiger partial charge >= 0.3 is 7.82 Å². The highest BCUT2D eigenvalue weighted by Crippen LogP contribution is 2.56. The van der Waals surface area contributed by atoms with Crippen LogP contribution in [0.4, 0.5) is 0 Å². The molecular weight excluding hydrogens is 471 g/mol. The molecule has 3 saturated heterocycles. The number of phosphoric ester groups is 1. The molecule has 2 bridgehead atoms. The minimum absolute atomic E-state index is 0.0238. The van der Waals surface area contributed by atoms with Gasteiger partial charge in [0, 0.05) is 13.5 Å². The average Bonchev–Trinajstić information content (AvgIpc) is 3.10. The normalized spacial score (nSPS) is 32.5. The average molecular weight is 505 g/mol. The van der Waals surface area contributed by atoms with Gasteiger partial charge in [-0.15, -0.1) is 0 Å². The first-order chi connectivity index (χ1) is 16.9. The number of rotatable bonds is 9. The number of hydrogen-bond donors (Lipinski definition) is 0. The van der Waals surface area contributed by atoms with Gasteiger partial charge in [-0.3, -0.25) is 4.52 Å². The van der Waals surface area contributed by atoms with Gasteiger partial charge in [-0.1, -0.05) is 42.8 Å². The molecule has 0 N–H and O–H groups in total. The Morgan fingerprint density at radius 3 is 2.23 bits per heavy atom. The summed E-state index contributed by atoms with van der Waals surface area (Å²) in [4.78, 5) is 11.9. The number of ether oxygens (including phenoxy) is 2. The van der Waals surface area contributed by atoms with E-state index in [2.05, 4.69) is 0 Å². The molecule has 1 saturated carbocycles. The Morgan fingerprint density at radius 2 is 1.60 bits per heavy atom. The quantitative estimate of drug-likeness (QED) is 0.292. The predicted molar refractivity (Wildman–Crippen MR) is 128 cm³/mol. The van der Waals surface area contributed by atoms with E-state index < -0.39 is 25.5 Å². The van der Waals surface area contributed by atoms with Crippen LogP contribution in [0.15, 0.2) is 60.7 Å². The standard InChI is InChI=1S/C26H33O8P/c1-25-18-16-20-10-9-11-21(26(20,34-33-25)24(28-2)30-25)17-19-29-35(27,31-22-12-5-3-6-13-22)32-23-14-7-4-8-15-23/h3-8,12-15,20-21,24H,9-11,16-19H2,1-2H3/t20-,21+,24+,25+,26?/m1/s1. The third kappa shape index (κ3) is 5.15. The number of methoxy groups -OCH3 is 1. The third-order valence-corrected chi connectivity index (χ3v) is 8.63. The van der Waals surface area contributed by atoms with Crippen molar-refractivity contribution in [3.63, 3.8) is 0 Å². The monoisotopic (exact) mass is 504 g/mol. The van der Waals surface area contributed by atoms with Gasteiger partial charge in [-0.2, -0.15) is 0 Å².